The first-order valence-electron chi connectivity index (χ1n) is 21.9. The Hall–Kier alpha value is -3.88. The fourth-order valence-electron chi connectivity index (χ4n) is 8.41. The van der Waals surface area contributed by atoms with Crippen molar-refractivity contribution in [1.29, 1.82) is 0 Å². The highest BCUT2D eigenvalue weighted by Gasteiger charge is 2.47. The van der Waals surface area contributed by atoms with E-state index in [9.17, 15) is 32.4 Å². The molecule has 1 heterocycles. The van der Waals surface area contributed by atoms with Gasteiger partial charge in [-0.15, -0.1) is 6.58 Å². The van der Waals surface area contributed by atoms with Gasteiger partial charge in [0.05, 0.1) is 35.5 Å². The van der Waals surface area contributed by atoms with E-state index in [1.165, 1.54) is 22.1 Å². The van der Waals surface area contributed by atoms with Gasteiger partial charge in [0.25, 0.3) is 5.91 Å². The number of rotatable bonds is 19. The molecular formula is C46H71N5O8S. The van der Waals surface area contributed by atoms with Crippen molar-refractivity contribution in [3.8, 4) is 0 Å². The molecular weight excluding hydrogens is 783 g/mol. The molecule has 1 saturated carbocycles. The predicted molar refractivity (Wildman–Crippen MR) is 235 cm³/mol. The second-order valence-corrected chi connectivity index (χ2v) is 21.7. The van der Waals surface area contributed by atoms with Gasteiger partial charge in [-0.2, -0.15) is 0 Å². The molecule has 2 aliphatic carbocycles. The van der Waals surface area contributed by atoms with Gasteiger partial charge in [0.15, 0.2) is 9.84 Å². The second kappa shape index (κ2) is 21.3. The molecule has 2 fully saturated rings. The number of esters is 1. The van der Waals surface area contributed by atoms with Gasteiger partial charge in [0, 0.05) is 25.2 Å². The Labute approximate surface area is 358 Å². The van der Waals surface area contributed by atoms with E-state index < -0.39 is 79.2 Å². The summed E-state index contributed by atoms with van der Waals surface area (Å²) in [5.41, 5.74) is 2.13. The van der Waals surface area contributed by atoms with Crippen LogP contribution in [0.25, 0.3) is 0 Å². The topological polar surface area (TPSA) is 180 Å². The van der Waals surface area contributed by atoms with E-state index in [-0.39, 0.29) is 44.8 Å². The molecule has 0 bridgehead atoms. The lowest BCUT2D eigenvalue weighted by Gasteiger charge is -2.41. The third-order valence-corrected chi connectivity index (χ3v) is 15.0. The summed E-state index contributed by atoms with van der Waals surface area (Å²) in [5.74, 6) is -3.11. The minimum Gasteiger partial charge on any atom is -0.460 e. The van der Waals surface area contributed by atoms with E-state index in [0.29, 0.717) is 19.3 Å². The standard InChI is InChI=1S/C46H71N5O8S/c1-9-11-19-36(39(53)42(55)47-26-10-2)50-41(54)37-28-35(59-38(52)27-32-20-22-33-17-13-14-18-34(33)23-21-32)29-51(37)43(56)40(44(3,4)5)48-31-49-46(24-15-12-16-25-46)30-60(57,58)45(6,7)8/h10,13-14,17-18,20,35-37,40,48-49H,2,9,11-12,15-16,19,21-31H2,1,3-8H3,(H,47,55)(H,50,54)/t35-,36?,37?,40?/m1/s1. The Bertz CT molecular complexity index is 1840. The van der Waals surface area contributed by atoms with E-state index in [0.717, 1.165) is 50.5 Å². The van der Waals surface area contributed by atoms with E-state index in [2.05, 4.69) is 46.1 Å². The number of ether oxygens (including phenoxy) is 1. The number of carbonyl (C=O) groups excluding carboxylic acids is 5. The highest BCUT2D eigenvalue weighted by molar-refractivity contribution is 7.92. The maximum Gasteiger partial charge on any atom is 0.310 e. The van der Waals surface area contributed by atoms with Crippen molar-refractivity contribution in [2.45, 2.75) is 166 Å². The van der Waals surface area contributed by atoms with E-state index >= 15 is 0 Å². The Morgan fingerprint density at radius 2 is 1.68 bits per heavy atom. The molecule has 1 saturated heterocycles. The highest BCUT2D eigenvalue weighted by atomic mass is 32.2. The summed E-state index contributed by atoms with van der Waals surface area (Å²) >= 11 is 0. The van der Waals surface area contributed by atoms with Gasteiger partial charge < -0.3 is 20.3 Å². The average molecular weight is 854 g/mol. The van der Waals surface area contributed by atoms with Crippen molar-refractivity contribution in [1.82, 2.24) is 26.2 Å². The second-order valence-electron chi connectivity index (χ2n) is 19.0. The van der Waals surface area contributed by atoms with Gasteiger partial charge in [0.2, 0.25) is 17.6 Å². The van der Waals surface area contributed by atoms with Gasteiger partial charge in [0.1, 0.15) is 12.1 Å². The van der Waals surface area contributed by atoms with Gasteiger partial charge >= 0.3 is 5.97 Å². The van der Waals surface area contributed by atoms with Gasteiger partial charge in [-0.25, -0.2) is 8.42 Å². The molecule has 0 radical (unpaired) electrons. The smallest absolute Gasteiger partial charge is 0.310 e. The molecule has 3 unspecified atom stereocenters. The molecule has 3 amide bonds. The number of amides is 3. The number of likely N-dealkylation sites (tertiary alicyclic amines) is 1. The van der Waals surface area contributed by atoms with Crippen molar-refractivity contribution < 1.29 is 37.1 Å². The molecule has 1 aromatic carbocycles. The lowest BCUT2D eigenvalue weighted by atomic mass is 9.83. The molecule has 13 nitrogen and oxygen atoms in total. The third kappa shape index (κ3) is 13.3. The first kappa shape index (κ1) is 48.8. The summed E-state index contributed by atoms with van der Waals surface area (Å²) in [6.45, 7) is 16.6. The SMILES string of the molecule is C=CCNC(=O)C(=O)C(CCCC)NC(=O)C1C[C@@H](OC(=O)CC2=CCc3ccccc3CC2)CN1C(=O)C(NCNC1(CS(=O)(=O)C(C)(C)C)CCCCC1)C(C)(C)C. The van der Waals surface area contributed by atoms with Gasteiger partial charge in [-0.05, 0) is 75.8 Å². The molecule has 60 heavy (non-hydrogen) atoms. The number of nitrogens with zero attached hydrogens (tertiary/aromatic N) is 1. The Morgan fingerprint density at radius 3 is 2.32 bits per heavy atom. The highest BCUT2D eigenvalue weighted by Crippen LogP contribution is 2.33. The number of unbranched alkanes of at least 4 members (excludes halogenated alkanes) is 1. The third-order valence-electron chi connectivity index (χ3n) is 12.2. The fraction of sp³-hybridized carbons (Fsp3) is 0.674. The molecule has 0 aromatic heterocycles. The Kier molecular flexibility index (Phi) is 17.3. The van der Waals surface area contributed by atoms with Crippen molar-refractivity contribution >= 4 is 39.3 Å². The van der Waals surface area contributed by atoms with Crippen LogP contribution in [0.15, 0.2) is 48.6 Å². The molecule has 1 aromatic rings. The normalized spacial score (nSPS) is 20.4. The first-order chi connectivity index (χ1) is 28.2. The zero-order valence-electron chi connectivity index (χ0n) is 37.1. The van der Waals surface area contributed by atoms with Crippen molar-refractivity contribution in [2.75, 3.05) is 25.5 Å². The van der Waals surface area contributed by atoms with Crippen LogP contribution in [0, 0.1) is 5.41 Å². The number of sulfone groups is 1. The van der Waals surface area contributed by atoms with Crippen LogP contribution in [0.1, 0.15) is 130 Å². The monoisotopic (exact) mass is 854 g/mol. The lowest BCUT2D eigenvalue weighted by molar-refractivity contribution is -0.149. The molecule has 4 rings (SSSR count). The van der Waals surface area contributed by atoms with Crippen molar-refractivity contribution in [2.24, 2.45) is 5.41 Å². The summed E-state index contributed by atoms with van der Waals surface area (Å²) < 4.78 is 32.0. The zero-order valence-corrected chi connectivity index (χ0v) is 37.9. The molecule has 4 atom stereocenters. The minimum absolute atomic E-state index is 0.00797. The number of carbonyl (C=O) groups is 5. The largest absolute Gasteiger partial charge is 0.460 e. The molecule has 14 heteroatoms. The quantitative estimate of drug-likeness (QED) is 0.0640. The molecule has 0 spiro atoms. The summed E-state index contributed by atoms with van der Waals surface area (Å²) in [7, 11) is -3.46. The molecule has 4 N–H and O–H groups in total. The van der Waals surface area contributed by atoms with Crippen molar-refractivity contribution in [3.05, 3.63) is 59.7 Å². The Balaban J connectivity index is 1.56. The average Bonchev–Trinajstić information content (AvgIpc) is 3.50. The maximum absolute atomic E-state index is 14.8. The predicted octanol–water partition coefficient (Wildman–Crippen LogP) is 5.02. The molecule has 1 aliphatic heterocycles. The fourth-order valence-corrected chi connectivity index (χ4v) is 9.96. The van der Waals surface area contributed by atoms with Crippen LogP contribution in [-0.4, -0.2) is 103 Å². The van der Waals surface area contributed by atoms with Gasteiger partial charge in [-0.1, -0.05) is 102 Å². The number of allylic oxidation sites excluding steroid dienone is 1. The number of ketones is 1. The van der Waals surface area contributed by atoms with E-state index in [4.69, 9.17) is 4.74 Å². The summed E-state index contributed by atoms with van der Waals surface area (Å²) in [6, 6.07) is 5.17. The summed E-state index contributed by atoms with van der Waals surface area (Å²) in [5, 5.41) is 12.2. The van der Waals surface area contributed by atoms with Crippen LogP contribution in [0.4, 0.5) is 0 Å². The summed E-state index contributed by atoms with van der Waals surface area (Å²) in [4.78, 5) is 70.0. The number of benzene rings is 1. The number of hydrogen-bond donors (Lipinski definition) is 4. The van der Waals surface area contributed by atoms with Crippen LogP contribution in [0.3, 0.4) is 0 Å². The Morgan fingerprint density at radius 1 is 1.00 bits per heavy atom. The number of hydrogen-bond acceptors (Lipinski definition) is 10. The maximum atomic E-state index is 14.8. The van der Waals surface area contributed by atoms with Crippen LogP contribution >= 0.6 is 0 Å². The lowest BCUT2D eigenvalue weighted by Crippen LogP contribution is -2.61. The van der Waals surface area contributed by atoms with E-state index in [1.54, 1.807) is 20.8 Å². The summed E-state index contributed by atoms with van der Waals surface area (Å²) in [6.07, 6.45) is 10.8. The van der Waals surface area contributed by atoms with Gasteiger partial charge in [-0.3, -0.25) is 34.6 Å². The zero-order chi connectivity index (χ0) is 44.3. The number of nitrogens with one attached hydrogen (secondary N) is 4. The van der Waals surface area contributed by atoms with Crippen LogP contribution in [0.5, 0.6) is 0 Å². The van der Waals surface area contributed by atoms with Crippen LogP contribution in [0.2, 0.25) is 0 Å². The number of fused-ring (bicyclic) bond motifs is 1. The first-order valence-corrected chi connectivity index (χ1v) is 23.5. The molecule has 334 valence electrons. The minimum atomic E-state index is -3.46. The van der Waals surface area contributed by atoms with E-state index in [1.807, 2.05) is 39.8 Å². The van der Waals surface area contributed by atoms with Crippen LogP contribution in [-0.2, 0) is 51.4 Å². The number of aryl methyl sites for hydroxylation is 1. The van der Waals surface area contributed by atoms with Crippen LogP contribution < -0.4 is 21.3 Å². The van der Waals surface area contributed by atoms with Crippen molar-refractivity contribution in [3.63, 3.8) is 0 Å². The number of Topliss-reactive ketones (excluding diaryl/α,β-unsaturated/α-hetero) is 1. The molecule has 3 aliphatic rings.